The molecule has 0 saturated heterocycles. The zero-order chi connectivity index (χ0) is 22.5. The predicted molar refractivity (Wildman–Crippen MR) is 145 cm³/mol. The summed E-state index contributed by atoms with van der Waals surface area (Å²) in [5.74, 6) is 0. The normalized spacial score (nSPS) is 12.2. The highest BCUT2D eigenvalue weighted by Gasteiger charge is 2.14. The molecule has 34 heavy (non-hydrogen) atoms. The van der Waals surface area contributed by atoms with Crippen LogP contribution >= 0.6 is 0 Å². The van der Waals surface area contributed by atoms with Crippen LogP contribution in [0.3, 0.4) is 0 Å². The van der Waals surface area contributed by atoms with Gasteiger partial charge < -0.3 is 9.88 Å². The summed E-state index contributed by atoms with van der Waals surface area (Å²) < 4.78 is 2.37. The van der Waals surface area contributed by atoms with Crippen LogP contribution in [0, 0.1) is 0 Å². The quantitative estimate of drug-likeness (QED) is 0.288. The molecule has 0 bridgehead atoms. The number of rotatable bonds is 2. The average molecular weight is 435 g/mol. The van der Waals surface area contributed by atoms with Crippen molar-refractivity contribution < 1.29 is 0 Å². The molecule has 1 aliphatic heterocycles. The topological polar surface area (TPSA) is 17.0 Å². The number of aromatic nitrogens is 1. The Bertz CT molecular complexity index is 1720. The Morgan fingerprint density at radius 3 is 2.06 bits per heavy atom. The number of anilines is 2. The van der Waals surface area contributed by atoms with E-state index in [1.807, 2.05) is 0 Å². The lowest BCUT2D eigenvalue weighted by atomic mass is 10.0. The molecule has 1 aliphatic rings. The van der Waals surface area contributed by atoms with Crippen molar-refractivity contribution in [3.8, 4) is 16.8 Å². The molecule has 0 radical (unpaired) electrons. The molecule has 1 aromatic heterocycles. The van der Waals surface area contributed by atoms with Crippen molar-refractivity contribution in [1.82, 2.24) is 4.57 Å². The molecular weight excluding hydrogens is 412 g/mol. The van der Waals surface area contributed by atoms with Crippen molar-refractivity contribution in [1.29, 1.82) is 0 Å². The molecule has 0 saturated carbocycles. The minimum absolute atomic E-state index is 1.13. The number of hydrogen-bond donors (Lipinski definition) is 1. The maximum absolute atomic E-state index is 3.64. The van der Waals surface area contributed by atoms with Gasteiger partial charge in [-0.05, 0) is 58.7 Å². The smallest absolute Gasteiger partial charge is 0.0547 e. The van der Waals surface area contributed by atoms with E-state index in [-0.39, 0.29) is 0 Å². The molecule has 2 nitrogen and oxygen atoms in total. The molecule has 0 spiro atoms. The zero-order valence-electron chi connectivity index (χ0n) is 18.6. The number of fused-ring (bicyclic) bond motifs is 5. The van der Waals surface area contributed by atoms with Crippen LogP contribution in [-0.4, -0.2) is 4.57 Å². The molecule has 0 amide bonds. The maximum Gasteiger partial charge on any atom is 0.0547 e. The van der Waals surface area contributed by atoms with Crippen molar-refractivity contribution >= 4 is 45.3 Å². The third kappa shape index (κ3) is 2.96. The van der Waals surface area contributed by atoms with Crippen LogP contribution in [0.1, 0.15) is 11.1 Å². The van der Waals surface area contributed by atoms with E-state index in [2.05, 4.69) is 137 Å². The SMILES string of the molecule is C1=Cc2ccc(-c3ccc4c5ccccc5n(-c5ccccc5)c4c3)cc2Nc2ccccc21. The van der Waals surface area contributed by atoms with Gasteiger partial charge in [-0.2, -0.15) is 0 Å². The lowest BCUT2D eigenvalue weighted by molar-refractivity contribution is 1.18. The first-order valence-corrected chi connectivity index (χ1v) is 11.6. The van der Waals surface area contributed by atoms with E-state index in [0.717, 1.165) is 11.4 Å². The van der Waals surface area contributed by atoms with Gasteiger partial charge in [0.2, 0.25) is 0 Å². The van der Waals surface area contributed by atoms with E-state index in [1.54, 1.807) is 0 Å². The van der Waals surface area contributed by atoms with Gasteiger partial charge in [-0.1, -0.05) is 91.0 Å². The van der Waals surface area contributed by atoms with Crippen molar-refractivity contribution in [2.45, 2.75) is 0 Å². The molecule has 160 valence electrons. The molecule has 6 aromatic rings. The Balaban J connectivity index is 1.41. The van der Waals surface area contributed by atoms with Gasteiger partial charge in [0.05, 0.1) is 11.0 Å². The van der Waals surface area contributed by atoms with Gasteiger partial charge in [-0.3, -0.25) is 0 Å². The van der Waals surface area contributed by atoms with Gasteiger partial charge in [0.1, 0.15) is 0 Å². The monoisotopic (exact) mass is 434 g/mol. The Morgan fingerprint density at radius 2 is 1.15 bits per heavy atom. The van der Waals surface area contributed by atoms with Crippen LogP contribution < -0.4 is 5.32 Å². The summed E-state index contributed by atoms with van der Waals surface area (Å²) in [5, 5.41) is 6.19. The second kappa shape index (κ2) is 7.50. The summed E-state index contributed by atoms with van der Waals surface area (Å²) in [6, 6.07) is 41.2. The molecule has 0 fully saturated rings. The third-order valence-electron chi connectivity index (χ3n) is 6.75. The summed E-state index contributed by atoms with van der Waals surface area (Å²) in [4.78, 5) is 0. The van der Waals surface area contributed by atoms with Gasteiger partial charge in [0, 0.05) is 27.8 Å². The van der Waals surface area contributed by atoms with Gasteiger partial charge in [0.25, 0.3) is 0 Å². The average Bonchev–Trinajstić information content (AvgIpc) is 3.10. The van der Waals surface area contributed by atoms with Crippen LogP contribution in [-0.2, 0) is 0 Å². The number of hydrogen-bond acceptors (Lipinski definition) is 1. The Kier molecular flexibility index (Phi) is 4.18. The van der Waals surface area contributed by atoms with Crippen molar-refractivity contribution in [3.05, 3.63) is 126 Å². The van der Waals surface area contributed by atoms with Crippen molar-refractivity contribution in [2.24, 2.45) is 0 Å². The van der Waals surface area contributed by atoms with E-state index in [4.69, 9.17) is 0 Å². The highest BCUT2D eigenvalue weighted by Crippen LogP contribution is 2.37. The predicted octanol–water partition coefficient (Wildman–Crippen LogP) is 8.68. The van der Waals surface area contributed by atoms with Crippen LogP contribution in [0.5, 0.6) is 0 Å². The first-order valence-electron chi connectivity index (χ1n) is 11.6. The maximum atomic E-state index is 3.64. The molecule has 7 rings (SSSR count). The van der Waals surface area contributed by atoms with Crippen LogP contribution in [0.15, 0.2) is 115 Å². The molecule has 2 heteroatoms. The van der Waals surface area contributed by atoms with Gasteiger partial charge in [0.15, 0.2) is 0 Å². The molecule has 2 heterocycles. The van der Waals surface area contributed by atoms with Gasteiger partial charge in [-0.15, -0.1) is 0 Å². The summed E-state index contributed by atoms with van der Waals surface area (Å²) >= 11 is 0. The Morgan fingerprint density at radius 1 is 0.471 bits per heavy atom. The molecular formula is C32H22N2. The number of benzene rings is 5. The molecule has 5 aromatic carbocycles. The zero-order valence-corrected chi connectivity index (χ0v) is 18.6. The Hall–Kier alpha value is -4.56. The third-order valence-corrected chi connectivity index (χ3v) is 6.75. The summed E-state index contributed by atoms with van der Waals surface area (Å²) in [7, 11) is 0. The fourth-order valence-electron chi connectivity index (χ4n) is 5.08. The van der Waals surface area contributed by atoms with Crippen LogP contribution in [0.25, 0.3) is 50.8 Å². The number of para-hydroxylation sites is 3. The second-order valence-corrected chi connectivity index (χ2v) is 8.77. The molecule has 0 unspecified atom stereocenters. The highest BCUT2D eigenvalue weighted by atomic mass is 15.0. The number of nitrogens with one attached hydrogen (secondary N) is 1. The largest absolute Gasteiger partial charge is 0.355 e. The summed E-state index contributed by atoms with van der Waals surface area (Å²) in [6.07, 6.45) is 4.37. The fourth-order valence-corrected chi connectivity index (χ4v) is 5.08. The first-order chi connectivity index (χ1) is 16.8. The minimum Gasteiger partial charge on any atom is -0.355 e. The summed E-state index contributed by atoms with van der Waals surface area (Å²) in [6.45, 7) is 0. The molecule has 0 aliphatic carbocycles. The summed E-state index contributed by atoms with van der Waals surface area (Å²) in [5.41, 5.74) is 10.7. The number of nitrogens with zero attached hydrogens (tertiary/aromatic N) is 1. The lowest BCUT2D eigenvalue weighted by Gasteiger charge is -2.12. The lowest BCUT2D eigenvalue weighted by Crippen LogP contribution is -1.94. The molecule has 0 atom stereocenters. The van der Waals surface area contributed by atoms with Crippen LogP contribution in [0.2, 0.25) is 0 Å². The first kappa shape index (κ1) is 19.0. The van der Waals surface area contributed by atoms with E-state index in [9.17, 15) is 0 Å². The van der Waals surface area contributed by atoms with E-state index < -0.39 is 0 Å². The van der Waals surface area contributed by atoms with E-state index in [1.165, 1.54) is 49.7 Å². The molecule has 1 N–H and O–H groups in total. The van der Waals surface area contributed by atoms with Crippen molar-refractivity contribution in [2.75, 3.05) is 5.32 Å². The van der Waals surface area contributed by atoms with E-state index in [0.29, 0.717) is 0 Å². The second-order valence-electron chi connectivity index (χ2n) is 8.77. The van der Waals surface area contributed by atoms with Crippen molar-refractivity contribution in [3.63, 3.8) is 0 Å². The Labute approximate surface area is 198 Å². The highest BCUT2D eigenvalue weighted by molar-refractivity contribution is 6.10. The standard InChI is InChI=1S/C32H22N2/c1-2-9-26(10-3-1)34-31-13-7-5-11-27(31)28-19-18-25(21-32(28)34)24-17-16-23-15-14-22-8-4-6-12-29(22)33-30(23)20-24/h1-21,33H. The van der Waals surface area contributed by atoms with E-state index >= 15 is 0 Å². The fraction of sp³-hybridized carbons (Fsp3) is 0. The minimum atomic E-state index is 1.13. The van der Waals surface area contributed by atoms with Crippen LogP contribution in [0.4, 0.5) is 11.4 Å². The van der Waals surface area contributed by atoms with Gasteiger partial charge >= 0.3 is 0 Å². The van der Waals surface area contributed by atoms with Gasteiger partial charge in [-0.25, -0.2) is 0 Å².